The van der Waals surface area contributed by atoms with E-state index in [-0.39, 0.29) is 17.0 Å². The normalized spacial score (nSPS) is 24.9. The molecule has 11 heteroatoms. The molecule has 1 amide bonds. The van der Waals surface area contributed by atoms with Crippen LogP contribution in [0.4, 0.5) is 0 Å². The number of aromatic nitrogens is 4. The van der Waals surface area contributed by atoms with Crippen LogP contribution < -0.4 is 5.73 Å². The molecule has 1 aromatic rings. The van der Waals surface area contributed by atoms with Crippen molar-refractivity contribution in [1.29, 1.82) is 0 Å². The molecular formula is C10H12N6O3S2. The van der Waals surface area contributed by atoms with Crippen LogP contribution >= 0.6 is 23.5 Å². The third kappa shape index (κ3) is 2.40. The van der Waals surface area contributed by atoms with Crippen molar-refractivity contribution in [3.05, 3.63) is 11.3 Å². The van der Waals surface area contributed by atoms with Crippen LogP contribution in [0.5, 0.6) is 0 Å². The summed E-state index contributed by atoms with van der Waals surface area (Å²) in [6.45, 7) is 0. The average Bonchev–Trinajstić information content (AvgIpc) is 2.88. The number of β-lactam (4-membered cyclic amide) rings is 1. The third-order valence-corrected chi connectivity index (χ3v) is 5.43. The lowest BCUT2D eigenvalue weighted by molar-refractivity contribution is -0.147. The molecule has 0 aliphatic carbocycles. The first kappa shape index (κ1) is 14.4. The molecule has 2 aliphatic heterocycles. The smallest absolute Gasteiger partial charge is 0.352 e. The van der Waals surface area contributed by atoms with Crippen molar-refractivity contribution in [2.75, 3.05) is 11.5 Å². The molecule has 3 N–H and O–H groups in total. The molecule has 112 valence electrons. The average molecular weight is 328 g/mol. The van der Waals surface area contributed by atoms with Gasteiger partial charge in [-0.15, -0.1) is 22.0 Å². The molecule has 1 saturated heterocycles. The van der Waals surface area contributed by atoms with Crippen molar-refractivity contribution < 1.29 is 14.7 Å². The summed E-state index contributed by atoms with van der Waals surface area (Å²) < 4.78 is 0. The maximum Gasteiger partial charge on any atom is 0.352 e. The van der Waals surface area contributed by atoms with Gasteiger partial charge in [0.15, 0.2) is 0 Å². The monoisotopic (exact) mass is 328 g/mol. The second kappa shape index (κ2) is 5.31. The minimum atomic E-state index is -1.11. The maximum absolute atomic E-state index is 11.8. The van der Waals surface area contributed by atoms with E-state index in [1.54, 1.807) is 7.05 Å². The predicted octanol–water partition coefficient (Wildman–Crippen LogP) is -1.12. The summed E-state index contributed by atoms with van der Waals surface area (Å²) in [5.41, 5.74) is 6.40. The van der Waals surface area contributed by atoms with Crippen molar-refractivity contribution in [3.63, 3.8) is 0 Å². The lowest BCUT2D eigenvalue weighted by Crippen LogP contribution is -2.68. The van der Waals surface area contributed by atoms with E-state index in [1.165, 1.54) is 33.2 Å². The van der Waals surface area contributed by atoms with E-state index < -0.39 is 12.0 Å². The molecule has 0 bridgehead atoms. The van der Waals surface area contributed by atoms with E-state index in [1.807, 2.05) is 0 Å². The minimum Gasteiger partial charge on any atom is -0.477 e. The van der Waals surface area contributed by atoms with Crippen molar-refractivity contribution in [2.45, 2.75) is 16.6 Å². The van der Waals surface area contributed by atoms with Gasteiger partial charge in [0, 0.05) is 11.5 Å². The van der Waals surface area contributed by atoms with Gasteiger partial charge >= 0.3 is 5.97 Å². The highest BCUT2D eigenvalue weighted by Gasteiger charge is 2.51. The Bertz CT molecular complexity index is 644. The van der Waals surface area contributed by atoms with Gasteiger partial charge in [0.1, 0.15) is 17.1 Å². The maximum atomic E-state index is 11.8. The summed E-state index contributed by atoms with van der Waals surface area (Å²) in [7, 11) is 1.65. The van der Waals surface area contributed by atoms with Crippen LogP contribution in [0.15, 0.2) is 16.4 Å². The van der Waals surface area contributed by atoms with Gasteiger partial charge in [-0.1, -0.05) is 11.8 Å². The number of carbonyl (C=O) groups excluding carboxylic acids is 1. The molecule has 2 atom stereocenters. The number of hydrogen-bond donors (Lipinski definition) is 2. The summed E-state index contributed by atoms with van der Waals surface area (Å²) in [5, 5.41) is 21.1. The summed E-state index contributed by atoms with van der Waals surface area (Å²) in [6.07, 6.45) is 0. The SMILES string of the molecule is Cn1nnc(SCC2=C(C(=O)O)N3C(=O)[C@@H](N)[C@H]3SC2)n1. The lowest BCUT2D eigenvalue weighted by Gasteiger charge is -2.48. The first-order valence-electron chi connectivity index (χ1n) is 6.01. The Morgan fingerprint density at radius 3 is 3.00 bits per heavy atom. The molecule has 2 aliphatic rings. The highest BCUT2D eigenvalue weighted by Crippen LogP contribution is 2.40. The van der Waals surface area contributed by atoms with Crippen LogP contribution in [0.25, 0.3) is 0 Å². The zero-order valence-electron chi connectivity index (χ0n) is 11.0. The number of tetrazole rings is 1. The molecule has 3 heterocycles. The van der Waals surface area contributed by atoms with Crippen LogP contribution in [-0.2, 0) is 16.6 Å². The lowest BCUT2D eigenvalue weighted by atomic mass is 10.0. The van der Waals surface area contributed by atoms with E-state index in [9.17, 15) is 14.7 Å². The fourth-order valence-electron chi connectivity index (χ4n) is 2.17. The van der Waals surface area contributed by atoms with E-state index in [2.05, 4.69) is 15.4 Å². The predicted molar refractivity (Wildman–Crippen MR) is 75.3 cm³/mol. The number of thioether (sulfide) groups is 2. The van der Waals surface area contributed by atoms with Crippen molar-refractivity contribution >= 4 is 35.4 Å². The van der Waals surface area contributed by atoms with Gasteiger partial charge in [-0.25, -0.2) is 4.79 Å². The number of aryl methyl sites for hydroxylation is 1. The Balaban J connectivity index is 1.81. The summed E-state index contributed by atoms with van der Waals surface area (Å²) >= 11 is 2.77. The molecular weight excluding hydrogens is 316 g/mol. The highest BCUT2D eigenvalue weighted by atomic mass is 32.2. The van der Waals surface area contributed by atoms with Gasteiger partial charge in [0.05, 0.1) is 7.05 Å². The number of fused-ring (bicyclic) bond motifs is 1. The Morgan fingerprint density at radius 2 is 2.38 bits per heavy atom. The van der Waals surface area contributed by atoms with Crippen molar-refractivity contribution in [3.8, 4) is 0 Å². The number of hydrogen-bond acceptors (Lipinski definition) is 8. The minimum absolute atomic E-state index is 0.0434. The van der Waals surface area contributed by atoms with Gasteiger partial charge in [-0.2, -0.15) is 4.80 Å². The number of rotatable bonds is 4. The molecule has 9 nitrogen and oxygen atoms in total. The van der Waals surface area contributed by atoms with Crippen LogP contribution in [0.1, 0.15) is 0 Å². The second-order valence-electron chi connectivity index (χ2n) is 4.54. The quantitative estimate of drug-likeness (QED) is 0.522. The van der Waals surface area contributed by atoms with Crippen LogP contribution in [-0.4, -0.2) is 65.0 Å². The Hall–Kier alpha value is -1.59. The Labute approximate surface area is 127 Å². The topological polar surface area (TPSA) is 127 Å². The van der Waals surface area contributed by atoms with Gasteiger partial charge < -0.3 is 10.8 Å². The second-order valence-corrected chi connectivity index (χ2v) is 6.59. The van der Waals surface area contributed by atoms with Gasteiger partial charge in [-0.3, -0.25) is 9.69 Å². The Kier molecular flexibility index (Phi) is 3.63. The first-order chi connectivity index (χ1) is 9.99. The molecule has 0 radical (unpaired) electrons. The van der Waals surface area contributed by atoms with E-state index in [4.69, 9.17) is 5.73 Å². The number of carboxylic acids is 1. The Morgan fingerprint density at radius 1 is 1.62 bits per heavy atom. The van der Waals surface area contributed by atoms with E-state index in [0.717, 1.165) is 0 Å². The fraction of sp³-hybridized carbons (Fsp3) is 0.500. The fourth-order valence-corrected chi connectivity index (χ4v) is 4.40. The van der Waals surface area contributed by atoms with Crippen LogP contribution in [0.2, 0.25) is 0 Å². The molecule has 0 spiro atoms. The van der Waals surface area contributed by atoms with Crippen molar-refractivity contribution in [2.24, 2.45) is 12.8 Å². The van der Waals surface area contributed by atoms with Gasteiger partial charge in [0.2, 0.25) is 11.1 Å². The number of carboxylic acid groups (broad SMARTS) is 1. The molecule has 0 saturated carbocycles. The zero-order chi connectivity index (χ0) is 15.1. The number of nitrogens with two attached hydrogens (primary N) is 1. The number of carbonyl (C=O) groups is 2. The van der Waals surface area contributed by atoms with Gasteiger partial charge in [-0.05, 0) is 10.8 Å². The first-order valence-corrected chi connectivity index (χ1v) is 8.05. The van der Waals surface area contributed by atoms with Gasteiger partial charge in [0.25, 0.3) is 0 Å². The molecule has 21 heavy (non-hydrogen) atoms. The molecule has 0 unspecified atom stereocenters. The summed E-state index contributed by atoms with van der Waals surface area (Å²) in [5.74, 6) is -0.531. The molecule has 3 rings (SSSR count). The summed E-state index contributed by atoms with van der Waals surface area (Å²) in [6, 6.07) is -0.611. The number of amides is 1. The number of aliphatic carboxylic acids is 1. The third-order valence-electron chi connectivity index (χ3n) is 3.16. The van der Waals surface area contributed by atoms with E-state index in [0.29, 0.717) is 22.2 Å². The highest BCUT2D eigenvalue weighted by molar-refractivity contribution is 8.01. The summed E-state index contributed by atoms with van der Waals surface area (Å²) in [4.78, 5) is 25.9. The standard InChI is InChI=1S/C10H12N6O3S2/c1-15-13-10(12-14-15)21-3-4-2-20-8-5(11)7(17)16(8)6(4)9(18)19/h5,8H,2-3,11H2,1H3,(H,18,19)/t5-,8-/m1/s1. The molecule has 1 fully saturated rings. The number of nitrogens with zero attached hydrogens (tertiary/aromatic N) is 5. The largest absolute Gasteiger partial charge is 0.477 e. The van der Waals surface area contributed by atoms with E-state index >= 15 is 0 Å². The van der Waals surface area contributed by atoms with Crippen molar-refractivity contribution in [1.82, 2.24) is 25.1 Å². The van der Waals surface area contributed by atoms with Crippen LogP contribution in [0, 0.1) is 0 Å². The van der Waals surface area contributed by atoms with Crippen LogP contribution in [0.3, 0.4) is 0 Å². The molecule has 1 aromatic heterocycles. The zero-order valence-corrected chi connectivity index (χ0v) is 12.6. The molecule has 0 aromatic carbocycles.